The van der Waals surface area contributed by atoms with Gasteiger partial charge < -0.3 is 10.1 Å². The van der Waals surface area contributed by atoms with Crippen LogP contribution in [0.1, 0.15) is 32.6 Å². The number of hydrogen-bond donors (Lipinski definition) is 1. The summed E-state index contributed by atoms with van der Waals surface area (Å²) >= 11 is 0. The molecule has 0 bridgehead atoms. The lowest BCUT2D eigenvalue weighted by molar-refractivity contribution is 0.0946. The van der Waals surface area contributed by atoms with Crippen molar-refractivity contribution in [2.24, 2.45) is 0 Å². The molecule has 28 heavy (non-hydrogen) atoms. The third-order valence-corrected chi connectivity index (χ3v) is 4.99. The van der Waals surface area contributed by atoms with E-state index in [1.807, 2.05) is 61.5 Å². The molecule has 0 aliphatic rings. The van der Waals surface area contributed by atoms with Crippen molar-refractivity contribution < 1.29 is 9.53 Å². The number of hydrogen-bond acceptors (Lipinski definition) is 2. The van der Waals surface area contributed by atoms with Crippen molar-refractivity contribution in [3.8, 4) is 5.75 Å². The van der Waals surface area contributed by atoms with E-state index in [4.69, 9.17) is 4.74 Å². The van der Waals surface area contributed by atoms with Crippen LogP contribution in [0.25, 0.3) is 0 Å². The van der Waals surface area contributed by atoms with E-state index >= 15 is 0 Å². The minimum Gasteiger partial charge on any atom is -0.491 e. The molecule has 3 rings (SSSR count). The molecule has 0 aliphatic heterocycles. The Balaban J connectivity index is 1.53. The van der Waals surface area contributed by atoms with E-state index in [1.54, 1.807) is 0 Å². The molecule has 0 saturated heterocycles. The largest absolute Gasteiger partial charge is 0.491 e. The van der Waals surface area contributed by atoms with E-state index in [1.165, 1.54) is 11.1 Å². The topological polar surface area (TPSA) is 38.3 Å². The number of ether oxygens (including phenoxy) is 1. The fourth-order valence-electron chi connectivity index (χ4n) is 3.18. The summed E-state index contributed by atoms with van der Waals surface area (Å²) in [7, 11) is 0. The van der Waals surface area contributed by atoms with Crippen LogP contribution in [-0.4, -0.2) is 19.1 Å². The van der Waals surface area contributed by atoms with Gasteiger partial charge in [0.25, 0.3) is 5.91 Å². The van der Waals surface area contributed by atoms with Crippen LogP contribution >= 0.6 is 0 Å². The maximum atomic E-state index is 12.6. The molecule has 0 radical (unpaired) electrons. The average Bonchev–Trinajstić information content (AvgIpc) is 2.73. The number of aryl methyl sites for hydroxylation is 3. The first-order chi connectivity index (χ1) is 13.6. The SMILES string of the molecule is Cc1cccc(OCCNC(=O)c2ccccc2CCc2ccccc2)c1C. The summed E-state index contributed by atoms with van der Waals surface area (Å²) in [6, 6.07) is 24.2. The second-order valence-corrected chi connectivity index (χ2v) is 6.95. The van der Waals surface area contributed by atoms with Crippen LogP contribution in [0.3, 0.4) is 0 Å². The fraction of sp³-hybridized carbons (Fsp3) is 0.240. The van der Waals surface area contributed by atoms with Gasteiger partial charge in [-0.05, 0) is 61.1 Å². The van der Waals surface area contributed by atoms with Crippen molar-refractivity contribution in [1.29, 1.82) is 0 Å². The maximum absolute atomic E-state index is 12.6. The van der Waals surface area contributed by atoms with Gasteiger partial charge in [-0.2, -0.15) is 0 Å². The van der Waals surface area contributed by atoms with Gasteiger partial charge in [0, 0.05) is 5.56 Å². The lowest BCUT2D eigenvalue weighted by Crippen LogP contribution is -2.29. The predicted molar refractivity (Wildman–Crippen MR) is 114 cm³/mol. The monoisotopic (exact) mass is 373 g/mol. The van der Waals surface area contributed by atoms with E-state index in [0.717, 1.165) is 35.3 Å². The van der Waals surface area contributed by atoms with Crippen molar-refractivity contribution in [1.82, 2.24) is 5.32 Å². The Morgan fingerprint density at radius 1 is 0.857 bits per heavy atom. The molecular formula is C25H27NO2. The third-order valence-electron chi connectivity index (χ3n) is 4.99. The molecule has 0 fully saturated rings. The van der Waals surface area contributed by atoms with E-state index < -0.39 is 0 Å². The smallest absolute Gasteiger partial charge is 0.251 e. The predicted octanol–water partition coefficient (Wildman–Crippen LogP) is 4.90. The summed E-state index contributed by atoms with van der Waals surface area (Å²) in [6.45, 7) is 5.03. The molecule has 3 nitrogen and oxygen atoms in total. The molecule has 3 heteroatoms. The minimum absolute atomic E-state index is 0.0479. The van der Waals surface area contributed by atoms with Gasteiger partial charge in [0.05, 0.1) is 6.54 Å². The molecule has 0 atom stereocenters. The molecule has 0 unspecified atom stereocenters. The summed E-state index contributed by atoms with van der Waals surface area (Å²) < 4.78 is 5.82. The van der Waals surface area contributed by atoms with Crippen LogP contribution in [0, 0.1) is 13.8 Å². The number of amides is 1. The second-order valence-electron chi connectivity index (χ2n) is 6.95. The molecule has 1 N–H and O–H groups in total. The Hall–Kier alpha value is -3.07. The molecule has 1 amide bonds. The van der Waals surface area contributed by atoms with E-state index in [0.29, 0.717) is 13.2 Å². The van der Waals surface area contributed by atoms with Gasteiger partial charge in [0.15, 0.2) is 0 Å². The van der Waals surface area contributed by atoms with Crippen LogP contribution in [0.5, 0.6) is 5.75 Å². The third kappa shape index (κ3) is 5.23. The van der Waals surface area contributed by atoms with Crippen LogP contribution in [0.2, 0.25) is 0 Å². The van der Waals surface area contributed by atoms with Crippen molar-refractivity contribution in [3.05, 3.63) is 101 Å². The summed E-state index contributed by atoms with van der Waals surface area (Å²) in [5.74, 6) is 0.825. The number of nitrogens with one attached hydrogen (secondary N) is 1. The van der Waals surface area contributed by atoms with E-state index in [2.05, 4.69) is 30.4 Å². The normalized spacial score (nSPS) is 10.5. The zero-order valence-electron chi connectivity index (χ0n) is 16.6. The quantitative estimate of drug-likeness (QED) is 0.571. The fourth-order valence-corrected chi connectivity index (χ4v) is 3.18. The van der Waals surface area contributed by atoms with Gasteiger partial charge in [-0.25, -0.2) is 0 Å². The summed E-state index contributed by atoms with van der Waals surface area (Å²) in [4.78, 5) is 12.6. The van der Waals surface area contributed by atoms with Gasteiger partial charge in [0.2, 0.25) is 0 Å². The molecule has 0 saturated carbocycles. The average molecular weight is 373 g/mol. The molecule has 0 aliphatic carbocycles. The highest BCUT2D eigenvalue weighted by atomic mass is 16.5. The number of benzene rings is 3. The van der Waals surface area contributed by atoms with Crippen LogP contribution in [-0.2, 0) is 12.8 Å². The minimum atomic E-state index is -0.0479. The molecule has 144 valence electrons. The molecule has 0 aromatic heterocycles. The second kappa shape index (κ2) is 9.75. The van der Waals surface area contributed by atoms with Crippen molar-refractivity contribution >= 4 is 5.91 Å². The Morgan fingerprint density at radius 2 is 1.61 bits per heavy atom. The van der Waals surface area contributed by atoms with Gasteiger partial charge in [-0.1, -0.05) is 60.7 Å². The van der Waals surface area contributed by atoms with E-state index in [-0.39, 0.29) is 5.91 Å². The molecule has 0 heterocycles. The zero-order chi connectivity index (χ0) is 19.8. The Morgan fingerprint density at radius 3 is 2.43 bits per heavy atom. The highest BCUT2D eigenvalue weighted by Crippen LogP contribution is 2.20. The Bertz CT molecular complexity index is 919. The number of carbonyl (C=O) groups is 1. The first-order valence-corrected chi connectivity index (χ1v) is 9.74. The maximum Gasteiger partial charge on any atom is 0.251 e. The number of rotatable bonds is 8. The first-order valence-electron chi connectivity index (χ1n) is 9.74. The molecular weight excluding hydrogens is 346 g/mol. The highest BCUT2D eigenvalue weighted by molar-refractivity contribution is 5.95. The zero-order valence-corrected chi connectivity index (χ0v) is 16.6. The van der Waals surface area contributed by atoms with Gasteiger partial charge in [0.1, 0.15) is 12.4 Å². The van der Waals surface area contributed by atoms with Crippen LogP contribution in [0.4, 0.5) is 0 Å². The molecule has 3 aromatic carbocycles. The Labute approximate surface area is 167 Å². The van der Waals surface area contributed by atoms with Crippen LogP contribution in [0.15, 0.2) is 72.8 Å². The lowest BCUT2D eigenvalue weighted by atomic mass is 9.99. The number of carbonyl (C=O) groups excluding carboxylic acids is 1. The van der Waals surface area contributed by atoms with Crippen molar-refractivity contribution in [2.45, 2.75) is 26.7 Å². The van der Waals surface area contributed by atoms with Gasteiger partial charge in [-0.15, -0.1) is 0 Å². The first kappa shape index (κ1) is 19.7. The molecule has 3 aromatic rings. The lowest BCUT2D eigenvalue weighted by Gasteiger charge is -2.13. The highest BCUT2D eigenvalue weighted by Gasteiger charge is 2.10. The summed E-state index contributed by atoms with van der Waals surface area (Å²) in [5.41, 5.74) is 5.43. The molecule has 0 spiro atoms. The van der Waals surface area contributed by atoms with Crippen molar-refractivity contribution in [3.63, 3.8) is 0 Å². The van der Waals surface area contributed by atoms with Crippen molar-refractivity contribution in [2.75, 3.05) is 13.2 Å². The van der Waals surface area contributed by atoms with Gasteiger partial charge in [-0.3, -0.25) is 4.79 Å². The van der Waals surface area contributed by atoms with Gasteiger partial charge >= 0.3 is 0 Å². The summed E-state index contributed by atoms with van der Waals surface area (Å²) in [6.07, 6.45) is 1.76. The standard InChI is InChI=1S/C25H27NO2/c1-19-9-8-14-24(20(19)2)28-18-17-26-25(27)23-13-7-6-12-22(23)16-15-21-10-4-3-5-11-21/h3-14H,15-18H2,1-2H3,(H,26,27). The van der Waals surface area contributed by atoms with Crippen LogP contribution < -0.4 is 10.1 Å². The summed E-state index contributed by atoms with van der Waals surface area (Å²) in [5, 5.41) is 2.98. The Kier molecular flexibility index (Phi) is 6.85. The van der Waals surface area contributed by atoms with E-state index in [9.17, 15) is 4.79 Å².